The molecule has 7 heteroatoms. The van der Waals surface area contributed by atoms with Gasteiger partial charge in [-0.25, -0.2) is 4.79 Å². The maximum atomic E-state index is 12.4. The summed E-state index contributed by atoms with van der Waals surface area (Å²) in [6.07, 6.45) is 2.54. The molecule has 0 aliphatic heterocycles. The Kier molecular flexibility index (Phi) is 4.21. The van der Waals surface area contributed by atoms with Crippen molar-refractivity contribution in [3.05, 3.63) is 27.5 Å². The number of nitrogens with one attached hydrogen (secondary N) is 1. The Hall–Kier alpha value is -2.15. The molecule has 0 bridgehead atoms. The van der Waals surface area contributed by atoms with Gasteiger partial charge in [-0.3, -0.25) is 9.69 Å². The Morgan fingerprint density at radius 2 is 2.22 bits per heavy atom. The minimum atomic E-state index is -0.561. The molecule has 1 fully saturated rings. The van der Waals surface area contributed by atoms with Crippen LogP contribution in [0.3, 0.4) is 0 Å². The van der Waals surface area contributed by atoms with Gasteiger partial charge in [0.15, 0.2) is 0 Å². The third kappa shape index (κ3) is 3.29. The van der Waals surface area contributed by atoms with Crippen molar-refractivity contribution in [1.29, 1.82) is 0 Å². The molecule has 0 aromatic carbocycles. The summed E-state index contributed by atoms with van der Waals surface area (Å²) in [6, 6.07) is 0. The number of hydrogen-bond acceptors (Lipinski definition) is 6. The van der Waals surface area contributed by atoms with Gasteiger partial charge in [0.1, 0.15) is 22.5 Å². The lowest BCUT2D eigenvalue weighted by atomic mass is 10.2. The topological polar surface area (TPSA) is 88.4 Å². The van der Waals surface area contributed by atoms with Crippen molar-refractivity contribution in [2.75, 3.05) is 20.2 Å². The molecular formula is C16H21N3O4. The van der Waals surface area contributed by atoms with Crippen LogP contribution < -0.4 is 5.56 Å². The fraction of sp³-hybridized carbons (Fsp3) is 0.562. The molecule has 1 aliphatic rings. The van der Waals surface area contributed by atoms with Gasteiger partial charge in [-0.15, -0.1) is 0 Å². The van der Waals surface area contributed by atoms with E-state index in [1.54, 1.807) is 13.8 Å². The van der Waals surface area contributed by atoms with E-state index in [0.29, 0.717) is 18.1 Å². The zero-order chi connectivity index (χ0) is 16.6. The molecule has 23 heavy (non-hydrogen) atoms. The first-order valence-electron chi connectivity index (χ1n) is 7.87. The van der Waals surface area contributed by atoms with Crippen molar-refractivity contribution < 1.29 is 13.9 Å². The molecule has 1 saturated carbocycles. The lowest BCUT2D eigenvalue weighted by molar-refractivity contribution is 0.0526. The minimum Gasteiger partial charge on any atom is -0.462 e. The highest BCUT2D eigenvalue weighted by Crippen LogP contribution is 2.29. The fourth-order valence-corrected chi connectivity index (χ4v) is 2.75. The molecule has 3 rings (SSSR count). The number of aryl methyl sites for hydroxylation is 1. The van der Waals surface area contributed by atoms with Crippen LogP contribution in [0.2, 0.25) is 0 Å². The number of esters is 1. The monoisotopic (exact) mass is 319 g/mol. The zero-order valence-electron chi connectivity index (χ0n) is 13.6. The Morgan fingerprint density at radius 3 is 2.87 bits per heavy atom. The highest BCUT2D eigenvalue weighted by Gasteiger charge is 2.25. The maximum absolute atomic E-state index is 12.4. The number of hydrogen-bond donors (Lipinski definition) is 1. The van der Waals surface area contributed by atoms with E-state index in [1.807, 2.05) is 7.05 Å². The molecule has 1 N–H and O–H groups in total. The van der Waals surface area contributed by atoms with Crippen LogP contribution in [0, 0.1) is 12.8 Å². The van der Waals surface area contributed by atoms with Crippen LogP contribution >= 0.6 is 0 Å². The van der Waals surface area contributed by atoms with Gasteiger partial charge in [-0.2, -0.15) is 4.98 Å². The number of aromatic amines is 1. The molecule has 0 amide bonds. The number of furan rings is 1. The molecule has 2 aromatic heterocycles. The number of fused-ring (bicyclic) bond motifs is 1. The van der Waals surface area contributed by atoms with Crippen LogP contribution in [0.25, 0.3) is 11.1 Å². The van der Waals surface area contributed by atoms with Gasteiger partial charge < -0.3 is 14.1 Å². The molecule has 1 aliphatic carbocycles. The third-order valence-corrected chi connectivity index (χ3v) is 3.95. The molecule has 0 spiro atoms. The van der Waals surface area contributed by atoms with Gasteiger partial charge in [0.25, 0.3) is 5.56 Å². The van der Waals surface area contributed by atoms with E-state index >= 15 is 0 Å². The summed E-state index contributed by atoms with van der Waals surface area (Å²) < 4.78 is 10.5. The number of aromatic nitrogens is 2. The van der Waals surface area contributed by atoms with Gasteiger partial charge in [0, 0.05) is 6.54 Å². The second-order valence-electron chi connectivity index (χ2n) is 6.09. The Morgan fingerprint density at radius 1 is 1.48 bits per heavy atom. The molecule has 0 saturated heterocycles. The predicted molar refractivity (Wildman–Crippen MR) is 84.4 cm³/mol. The smallest absolute Gasteiger partial charge is 0.342 e. The summed E-state index contributed by atoms with van der Waals surface area (Å²) in [5.41, 5.74) is -0.0256. The predicted octanol–water partition coefficient (Wildman–Crippen LogP) is 1.84. The fourth-order valence-electron chi connectivity index (χ4n) is 2.75. The first-order chi connectivity index (χ1) is 11.0. The van der Waals surface area contributed by atoms with E-state index in [-0.39, 0.29) is 28.8 Å². The Balaban J connectivity index is 1.92. The SMILES string of the molecule is CCOC(=O)c1c(C)oc2nc(CN(C)CC3CC3)[nH]c(=O)c12. The molecular weight excluding hydrogens is 298 g/mol. The van der Waals surface area contributed by atoms with E-state index in [4.69, 9.17) is 9.15 Å². The molecule has 0 radical (unpaired) electrons. The van der Waals surface area contributed by atoms with E-state index < -0.39 is 5.97 Å². The van der Waals surface area contributed by atoms with Gasteiger partial charge >= 0.3 is 5.97 Å². The first-order valence-corrected chi connectivity index (χ1v) is 7.87. The minimum absolute atomic E-state index is 0.161. The third-order valence-electron chi connectivity index (χ3n) is 3.95. The van der Waals surface area contributed by atoms with Crippen molar-refractivity contribution in [2.45, 2.75) is 33.2 Å². The van der Waals surface area contributed by atoms with Gasteiger partial charge in [0.05, 0.1) is 13.2 Å². The first kappa shape index (κ1) is 15.7. The van der Waals surface area contributed by atoms with Crippen molar-refractivity contribution >= 4 is 17.1 Å². The standard InChI is InChI=1S/C16H21N3O4/c1-4-22-16(21)12-9(2)23-15-13(12)14(20)17-11(18-15)8-19(3)7-10-5-6-10/h10H,4-8H2,1-3H3,(H,17,18,20). The number of rotatable bonds is 6. The summed E-state index contributed by atoms with van der Waals surface area (Å²) in [4.78, 5) is 33.6. The summed E-state index contributed by atoms with van der Waals surface area (Å²) in [5.74, 6) is 1.08. The number of carbonyl (C=O) groups excluding carboxylic acids is 1. The average Bonchev–Trinajstić information content (AvgIpc) is 3.19. The largest absolute Gasteiger partial charge is 0.462 e. The quantitative estimate of drug-likeness (QED) is 0.817. The van der Waals surface area contributed by atoms with E-state index in [2.05, 4.69) is 14.9 Å². The normalized spacial score (nSPS) is 14.6. The van der Waals surface area contributed by atoms with Crippen LogP contribution in [0.15, 0.2) is 9.21 Å². The average molecular weight is 319 g/mol. The van der Waals surface area contributed by atoms with E-state index in [9.17, 15) is 9.59 Å². The highest BCUT2D eigenvalue weighted by molar-refractivity contribution is 6.03. The lowest BCUT2D eigenvalue weighted by Crippen LogP contribution is -2.24. The van der Waals surface area contributed by atoms with Crippen LogP contribution in [-0.4, -0.2) is 41.0 Å². The Labute approximate surface area is 133 Å². The second kappa shape index (κ2) is 6.16. The highest BCUT2D eigenvalue weighted by atomic mass is 16.5. The zero-order valence-corrected chi connectivity index (χ0v) is 13.6. The molecule has 2 aromatic rings. The van der Waals surface area contributed by atoms with Gasteiger partial charge in [0.2, 0.25) is 5.71 Å². The van der Waals surface area contributed by atoms with Crippen LogP contribution in [-0.2, 0) is 11.3 Å². The molecule has 7 nitrogen and oxygen atoms in total. The van der Waals surface area contributed by atoms with E-state index in [0.717, 1.165) is 12.5 Å². The summed E-state index contributed by atoms with van der Waals surface area (Å²) >= 11 is 0. The number of ether oxygens (including phenoxy) is 1. The number of nitrogens with zero attached hydrogens (tertiary/aromatic N) is 2. The van der Waals surface area contributed by atoms with Crippen molar-refractivity contribution in [3.8, 4) is 0 Å². The van der Waals surface area contributed by atoms with E-state index in [1.165, 1.54) is 12.8 Å². The molecule has 0 unspecified atom stereocenters. The Bertz CT molecular complexity index is 788. The van der Waals surface area contributed by atoms with Crippen LogP contribution in [0.1, 0.15) is 41.7 Å². The van der Waals surface area contributed by atoms with Crippen LogP contribution in [0.5, 0.6) is 0 Å². The molecule has 0 atom stereocenters. The summed E-state index contributed by atoms with van der Waals surface area (Å²) in [5, 5.41) is 0.162. The van der Waals surface area contributed by atoms with Crippen molar-refractivity contribution in [3.63, 3.8) is 0 Å². The summed E-state index contributed by atoms with van der Waals surface area (Å²) in [6.45, 7) is 5.11. The molecule has 2 heterocycles. The van der Waals surface area contributed by atoms with Gasteiger partial charge in [-0.05, 0) is 39.7 Å². The number of H-pyrrole nitrogens is 1. The molecule has 124 valence electrons. The number of carbonyl (C=O) groups is 1. The second-order valence-corrected chi connectivity index (χ2v) is 6.09. The van der Waals surface area contributed by atoms with Gasteiger partial charge in [-0.1, -0.05) is 0 Å². The van der Waals surface area contributed by atoms with Crippen molar-refractivity contribution in [1.82, 2.24) is 14.9 Å². The lowest BCUT2D eigenvalue weighted by Gasteiger charge is -2.14. The summed E-state index contributed by atoms with van der Waals surface area (Å²) in [7, 11) is 2.00. The van der Waals surface area contributed by atoms with Crippen LogP contribution in [0.4, 0.5) is 0 Å². The van der Waals surface area contributed by atoms with Crippen molar-refractivity contribution in [2.24, 2.45) is 5.92 Å². The maximum Gasteiger partial charge on any atom is 0.342 e.